The third-order valence-electron chi connectivity index (χ3n) is 3.50. The fourth-order valence-corrected chi connectivity index (χ4v) is 2.38. The number of aromatic amines is 1. The fourth-order valence-electron chi connectivity index (χ4n) is 2.38. The van der Waals surface area contributed by atoms with E-state index in [0.29, 0.717) is 13.0 Å². The van der Waals surface area contributed by atoms with E-state index in [1.54, 1.807) is 14.1 Å². The van der Waals surface area contributed by atoms with Crippen molar-refractivity contribution in [2.24, 2.45) is 5.92 Å². The Hall–Kier alpha value is -1.99. The number of amides is 2. The molecule has 0 saturated carbocycles. The molecule has 0 spiro atoms. The zero-order chi connectivity index (χ0) is 15.8. The number of rotatable bonds is 2. The molecule has 1 atom stereocenters. The minimum Gasteiger partial charge on any atom is -0.357 e. The molecule has 1 aromatic heterocycles. The molecule has 2 rings (SSSR count). The van der Waals surface area contributed by atoms with Gasteiger partial charge in [0.15, 0.2) is 0 Å². The molecular formula is C13H16F3N3O2. The Kier molecular flexibility index (Phi) is 3.97. The molecule has 116 valence electrons. The summed E-state index contributed by atoms with van der Waals surface area (Å²) < 4.78 is 37.5. The molecule has 5 nitrogen and oxygen atoms in total. The lowest BCUT2D eigenvalue weighted by molar-refractivity contribution is -0.140. The van der Waals surface area contributed by atoms with Gasteiger partial charge in [0.2, 0.25) is 5.91 Å². The summed E-state index contributed by atoms with van der Waals surface area (Å²) in [5, 5.41) is 0. The van der Waals surface area contributed by atoms with E-state index in [1.165, 1.54) is 9.80 Å². The van der Waals surface area contributed by atoms with Gasteiger partial charge in [-0.3, -0.25) is 9.59 Å². The van der Waals surface area contributed by atoms with Gasteiger partial charge in [-0.2, -0.15) is 13.2 Å². The summed E-state index contributed by atoms with van der Waals surface area (Å²) in [6.07, 6.45) is -2.93. The summed E-state index contributed by atoms with van der Waals surface area (Å²) in [7, 11) is 3.27. The molecule has 1 saturated heterocycles. The molecule has 1 unspecified atom stereocenters. The Morgan fingerprint density at radius 2 is 2.05 bits per heavy atom. The summed E-state index contributed by atoms with van der Waals surface area (Å²) >= 11 is 0. The van der Waals surface area contributed by atoms with E-state index in [9.17, 15) is 22.8 Å². The molecule has 21 heavy (non-hydrogen) atoms. The van der Waals surface area contributed by atoms with Crippen molar-refractivity contribution < 1.29 is 22.8 Å². The first kappa shape index (κ1) is 15.4. The quantitative estimate of drug-likeness (QED) is 0.902. The molecule has 8 heteroatoms. The lowest BCUT2D eigenvalue weighted by Gasteiger charge is -2.17. The number of nitrogens with one attached hydrogen (secondary N) is 1. The van der Waals surface area contributed by atoms with Crippen LogP contribution in [0.2, 0.25) is 0 Å². The third kappa shape index (κ3) is 3.20. The average Bonchev–Trinajstić information content (AvgIpc) is 3.05. The number of aromatic nitrogens is 1. The first-order valence-electron chi connectivity index (χ1n) is 6.46. The number of hydrogen-bond donors (Lipinski definition) is 1. The van der Waals surface area contributed by atoms with Crippen LogP contribution in [-0.2, 0) is 11.0 Å². The smallest absolute Gasteiger partial charge is 0.357 e. The van der Waals surface area contributed by atoms with Gasteiger partial charge in [-0.25, -0.2) is 0 Å². The normalized spacial score (nSPS) is 18.9. The van der Waals surface area contributed by atoms with Crippen molar-refractivity contribution in [2.75, 3.05) is 27.2 Å². The number of carbonyl (C=O) groups is 2. The molecule has 2 heterocycles. The van der Waals surface area contributed by atoms with E-state index >= 15 is 0 Å². The maximum absolute atomic E-state index is 12.5. The third-order valence-corrected chi connectivity index (χ3v) is 3.50. The first-order valence-corrected chi connectivity index (χ1v) is 6.46. The minimum atomic E-state index is -4.51. The standard InChI is InChI=1S/C13H16F3N3O2/c1-18(2)11(20)8-3-4-19(7-8)12(21)9-5-10(17-6-9)13(14,15)16/h5-6,8,17H,3-4,7H2,1-2H3. The molecule has 0 aromatic carbocycles. The Balaban J connectivity index is 2.05. The number of alkyl halides is 3. The molecule has 1 N–H and O–H groups in total. The molecule has 0 radical (unpaired) electrons. The number of H-pyrrole nitrogens is 1. The van der Waals surface area contributed by atoms with Gasteiger partial charge < -0.3 is 14.8 Å². The fraction of sp³-hybridized carbons (Fsp3) is 0.538. The summed E-state index contributed by atoms with van der Waals surface area (Å²) in [5.41, 5.74) is -0.994. The topological polar surface area (TPSA) is 56.4 Å². The van der Waals surface area contributed by atoms with Crippen LogP contribution in [0.1, 0.15) is 22.5 Å². The maximum Gasteiger partial charge on any atom is 0.431 e. The van der Waals surface area contributed by atoms with Gasteiger partial charge in [-0.15, -0.1) is 0 Å². The van der Waals surface area contributed by atoms with E-state index < -0.39 is 17.8 Å². The van der Waals surface area contributed by atoms with Crippen molar-refractivity contribution in [1.82, 2.24) is 14.8 Å². The number of likely N-dealkylation sites (tertiary alicyclic amines) is 1. The number of hydrogen-bond acceptors (Lipinski definition) is 2. The predicted molar refractivity (Wildman–Crippen MR) is 68.5 cm³/mol. The van der Waals surface area contributed by atoms with Gasteiger partial charge in [-0.05, 0) is 12.5 Å². The largest absolute Gasteiger partial charge is 0.431 e. The van der Waals surface area contributed by atoms with E-state index in [1.807, 2.05) is 0 Å². The van der Waals surface area contributed by atoms with Crippen molar-refractivity contribution in [3.8, 4) is 0 Å². The van der Waals surface area contributed by atoms with Crippen LogP contribution in [0.3, 0.4) is 0 Å². The van der Waals surface area contributed by atoms with Crippen molar-refractivity contribution in [3.05, 3.63) is 23.5 Å². The monoisotopic (exact) mass is 303 g/mol. The maximum atomic E-state index is 12.5. The van der Waals surface area contributed by atoms with Gasteiger partial charge in [0.25, 0.3) is 5.91 Å². The van der Waals surface area contributed by atoms with Crippen molar-refractivity contribution >= 4 is 11.8 Å². The molecule has 0 bridgehead atoms. The highest BCUT2D eigenvalue weighted by Crippen LogP contribution is 2.29. The SMILES string of the molecule is CN(C)C(=O)C1CCN(C(=O)c2c[nH]c(C(F)(F)F)c2)C1. The Morgan fingerprint density at radius 1 is 1.38 bits per heavy atom. The second-order valence-corrected chi connectivity index (χ2v) is 5.27. The average molecular weight is 303 g/mol. The zero-order valence-corrected chi connectivity index (χ0v) is 11.7. The van der Waals surface area contributed by atoms with E-state index in [0.717, 1.165) is 12.3 Å². The Bertz CT molecular complexity index is 551. The zero-order valence-electron chi connectivity index (χ0n) is 11.7. The van der Waals surface area contributed by atoms with Gasteiger partial charge >= 0.3 is 6.18 Å². The van der Waals surface area contributed by atoms with Gasteiger partial charge in [0.1, 0.15) is 5.69 Å². The molecule has 2 amide bonds. The van der Waals surface area contributed by atoms with Crippen LogP contribution in [0, 0.1) is 5.92 Å². The van der Waals surface area contributed by atoms with Gasteiger partial charge in [0.05, 0.1) is 11.5 Å². The van der Waals surface area contributed by atoms with E-state index in [4.69, 9.17) is 0 Å². The van der Waals surface area contributed by atoms with Crippen LogP contribution in [0.15, 0.2) is 12.3 Å². The lowest BCUT2D eigenvalue weighted by atomic mass is 10.1. The van der Waals surface area contributed by atoms with Crippen LogP contribution in [0.5, 0.6) is 0 Å². The number of carbonyl (C=O) groups excluding carboxylic acids is 2. The highest BCUT2D eigenvalue weighted by molar-refractivity contribution is 5.95. The van der Waals surface area contributed by atoms with Crippen LogP contribution < -0.4 is 0 Å². The second kappa shape index (κ2) is 5.42. The molecule has 1 fully saturated rings. The van der Waals surface area contributed by atoms with Crippen molar-refractivity contribution in [1.29, 1.82) is 0 Å². The molecule has 1 aliphatic rings. The van der Waals surface area contributed by atoms with Crippen LogP contribution in [-0.4, -0.2) is 53.8 Å². The predicted octanol–water partition coefficient (Wildman–Crippen LogP) is 1.58. The molecule has 0 aliphatic carbocycles. The van der Waals surface area contributed by atoms with Crippen LogP contribution >= 0.6 is 0 Å². The Labute approximate surface area is 119 Å². The molecule has 1 aromatic rings. The van der Waals surface area contributed by atoms with Crippen LogP contribution in [0.25, 0.3) is 0 Å². The van der Waals surface area contributed by atoms with Crippen LogP contribution in [0.4, 0.5) is 13.2 Å². The summed E-state index contributed by atoms with van der Waals surface area (Å²) in [6.45, 7) is 0.609. The lowest BCUT2D eigenvalue weighted by Crippen LogP contribution is -2.33. The number of nitrogens with zero attached hydrogens (tertiary/aromatic N) is 2. The Morgan fingerprint density at radius 3 is 2.57 bits per heavy atom. The van der Waals surface area contributed by atoms with Gasteiger partial charge in [0, 0.05) is 33.4 Å². The second-order valence-electron chi connectivity index (χ2n) is 5.27. The van der Waals surface area contributed by atoms with E-state index in [2.05, 4.69) is 4.98 Å². The molecular weight excluding hydrogens is 287 g/mol. The minimum absolute atomic E-state index is 0.0414. The van der Waals surface area contributed by atoms with Gasteiger partial charge in [-0.1, -0.05) is 0 Å². The summed E-state index contributed by atoms with van der Waals surface area (Å²) in [5.74, 6) is -0.851. The highest BCUT2D eigenvalue weighted by Gasteiger charge is 2.35. The van der Waals surface area contributed by atoms with Crippen molar-refractivity contribution in [3.63, 3.8) is 0 Å². The first-order chi connectivity index (χ1) is 9.70. The summed E-state index contributed by atoms with van der Waals surface area (Å²) in [4.78, 5) is 28.9. The van der Waals surface area contributed by atoms with Crippen molar-refractivity contribution in [2.45, 2.75) is 12.6 Å². The highest BCUT2D eigenvalue weighted by atomic mass is 19.4. The van der Waals surface area contributed by atoms with E-state index in [-0.39, 0.29) is 23.9 Å². The number of halogens is 3. The summed E-state index contributed by atoms with van der Waals surface area (Å²) in [6, 6.07) is 0.795. The molecule has 1 aliphatic heterocycles.